The molecule has 13 nitrogen and oxygen atoms in total. The Balaban J connectivity index is 1.18. The van der Waals surface area contributed by atoms with E-state index in [1.165, 1.54) is 31.2 Å². The van der Waals surface area contributed by atoms with Crippen LogP contribution in [0, 0.1) is 0 Å². The number of benzene rings is 2. The fourth-order valence-corrected chi connectivity index (χ4v) is 5.82. The number of carbonyl (C=O) groups excluding carboxylic acids is 1. The highest BCUT2D eigenvalue weighted by Crippen LogP contribution is 2.34. The first kappa shape index (κ1) is 33.8. The molecule has 2 saturated heterocycles. The van der Waals surface area contributed by atoms with Gasteiger partial charge < -0.3 is 59.6 Å². The number of halogens is 2. The number of aliphatic hydroxyl groups excluding tert-OH is 5. The van der Waals surface area contributed by atoms with E-state index < -0.39 is 73.2 Å². The first-order valence-electron chi connectivity index (χ1n) is 14.2. The monoisotopic (exact) mass is 671 g/mol. The lowest BCUT2D eigenvalue weighted by Crippen LogP contribution is -2.67. The molecule has 15 heteroatoms. The molecular formula is C30H35Cl2NO12. The number of ether oxygens (including phenoxy) is 5. The van der Waals surface area contributed by atoms with Crippen LogP contribution in [0.1, 0.15) is 25.0 Å². The van der Waals surface area contributed by atoms with Crippen molar-refractivity contribution in [2.45, 2.75) is 87.7 Å². The third-order valence-corrected chi connectivity index (χ3v) is 8.82. The highest BCUT2D eigenvalue weighted by Gasteiger charge is 2.53. The number of nitrogens with one attached hydrogen (secondary N) is 1. The fourth-order valence-electron chi connectivity index (χ4n) is 5.49. The SMILES string of the molecule is C/C(=C/c1ccc(O[C@@H]2OC(C(C)OCc3ccc(Cl)c(Cl)c3)[C@@H](O)[C@@H]2O)c(O)c1)C(=O)N[C@@H]1[C@H](O)[C@@H](O)[C@H]2OCO[C@H]2[C@@H]1O. The minimum Gasteiger partial charge on any atom is -0.504 e. The molecule has 0 spiro atoms. The molecular weight excluding hydrogens is 637 g/mol. The number of hydrogen-bond acceptors (Lipinski definition) is 12. The number of phenols is 1. The zero-order valence-corrected chi connectivity index (χ0v) is 25.7. The van der Waals surface area contributed by atoms with Crippen molar-refractivity contribution in [3.05, 3.63) is 63.1 Å². The standard InChI is InChI=1S/C30H35Cl2NO12/c1-12(29(40)33-20-21(35)23(37)28-27(22(20)36)42-11-43-28)7-14-4-6-19(18(34)9-14)44-30-25(39)24(38)26(45-30)13(2)41-10-15-3-5-16(31)17(32)8-15/h3-9,13,20-28,30,34-39H,10-11H2,1-2H3,(H,33,40)/b12-7-/t13?,20-,21+,22-,23-,24+,25+,26?,27+,28-,30-/m1/s1. The van der Waals surface area contributed by atoms with Crippen molar-refractivity contribution in [3.63, 3.8) is 0 Å². The summed E-state index contributed by atoms with van der Waals surface area (Å²) in [7, 11) is 0. The Morgan fingerprint density at radius 3 is 2.38 bits per heavy atom. The van der Waals surface area contributed by atoms with Gasteiger partial charge in [-0.1, -0.05) is 35.3 Å². The van der Waals surface area contributed by atoms with Crippen molar-refractivity contribution in [2.75, 3.05) is 6.79 Å². The number of aromatic hydroxyl groups is 1. The molecule has 11 atom stereocenters. The maximum atomic E-state index is 12.9. The number of carbonyl (C=O) groups is 1. The minimum absolute atomic E-state index is 0.0497. The normalized spacial score (nSPS) is 33.9. The van der Waals surface area contributed by atoms with E-state index in [1.807, 2.05) is 0 Å². The Morgan fingerprint density at radius 1 is 0.978 bits per heavy atom. The van der Waals surface area contributed by atoms with Gasteiger partial charge in [-0.25, -0.2) is 0 Å². The molecule has 246 valence electrons. The number of rotatable bonds is 9. The summed E-state index contributed by atoms with van der Waals surface area (Å²) < 4.78 is 27.7. The van der Waals surface area contributed by atoms with Crippen LogP contribution >= 0.6 is 23.2 Å². The zero-order valence-electron chi connectivity index (χ0n) is 24.2. The van der Waals surface area contributed by atoms with E-state index in [1.54, 1.807) is 25.1 Å². The van der Waals surface area contributed by atoms with Crippen LogP contribution in [0.3, 0.4) is 0 Å². The number of aliphatic hydroxyl groups is 5. The van der Waals surface area contributed by atoms with Crippen molar-refractivity contribution < 1.29 is 59.1 Å². The molecule has 0 aromatic heterocycles. The lowest BCUT2D eigenvalue weighted by Gasteiger charge is -2.41. The van der Waals surface area contributed by atoms with E-state index in [0.29, 0.717) is 15.6 Å². The summed E-state index contributed by atoms with van der Waals surface area (Å²) in [6, 6.07) is 8.07. The van der Waals surface area contributed by atoms with Gasteiger partial charge in [0.1, 0.15) is 55.6 Å². The molecule has 0 bridgehead atoms. The van der Waals surface area contributed by atoms with Gasteiger partial charge in [0.2, 0.25) is 12.2 Å². The van der Waals surface area contributed by atoms with E-state index in [0.717, 1.165) is 5.56 Å². The highest BCUT2D eigenvalue weighted by atomic mass is 35.5. The molecule has 2 heterocycles. The largest absolute Gasteiger partial charge is 0.504 e. The van der Waals surface area contributed by atoms with Crippen LogP contribution < -0.4 is 10.1 Å². The number of amides is 1. The van der Waals surface area contributed by atoms with Crippen LogP contribution in [0.2, 0.25) is 10.0 Å². The van der Waals surface area contributed by atoms with Crippen LogP contribution in [0.25, 0.3) is 6.08 Å². The summed E-state index contributed by atoms with van der Waals surface area (Å²) in [6.07, 6.45) is -10.3. The van der Waals surface area contributed by atoms with E-state index in [9.17, 15) is 35.4 Å². The van der Waals surface area contributed by atoms with Crippen molar-refractivity contribution in [1.82, 2.24) is 5.32 Å². The molecule has 0 radical (unpaired) electrons. The lowest BCUT2D eigenvalue weighted by molar-refractivity contribution is -0.155. The van der Waals surface area contributed by atoms with Gasteiger partial charge in [-0.3, -0.25) is 4.79 Å². The summed E-state index contributed by atoms with van der Waals surface area (Å²) in [5, 5.41) is 66.4. The Hall–Kier alpha value is -2.53. The second-order valence-electron chi connectivity index (χ2n) is 11.2. The second-order valence-corrected chi connectivity index (χ2v) is 12.1. The number of hydrogen-bond donors (Lipinski definition) is 7. The van der Waals surface area contributed by atoms with Crippen LogP contribution in [-0.4, -0.2) is 111 Å². The maximum absolute atomic E-state index is 12.9. The quantitative estimate of drug-likeness (QED) is 0.186. The first-order chi connectivity index (χ1) is 21.3. The number of fused-ring (bicyclic) bond motifs is 1. The molecule has 2 aromatic rings. The highest BCUT2D eigenvalue weighted by molar-refractivity contribution is 6.42. The molecule has 1 aliphatic carbocycles. The van der Waals surface area contributed by atoms with Crippen molar-refractivity contribution >= 4 is 35.2 Å². The lowest BCUT2D eigenvalue weighted by atomic mass is 9.83. The molecule has 3 aliphatic rings. The molecule has 1 saturated carbocycles. The predicted octanol–water partition coefficient (Wildman–Crippen LogP) is 0.856. The topological polar surface area (TPSA) is 197 Å². The van der Waals surface area contributed by atoms with E-state index in [-0.39, 0.29) is 30.5 Å². The van der Waals surface area contributed by atoms with E-state index >= 15 is 0 Å². The van der Waals surface area contributed by atoms with Crippen LogP contribution in [0.4, 0.5) is 0 Å². The first-order valence-corrected chi connectivity index (χ1v) is 14.9. The summed E-state index contributed by atoms with van der Waals surface area (Å²) in [5.41, 5.74) is 1.32. The van der Waals surface area contributed by atoms with Gasteiger partial charge in [0.25, 0.3) is 0 Å². The third-order valence-electron chi connectivity index (χ3n) is 8.09. The van der Waals surface area contributed by atoms with Crippen molar-refractivity contribution in [1.29, 1.82) is 0 Å². The van der Waals surface area contributed by atoms with Crippen LogP contribution in [-0.2, 0) is 30.3 Å². The molecule has 2 aliphatic heterocycles. The van der Waals surface area contributed by atoms with E-state index in [2.05, 4.69) is 5.32 Å². The summed E-state index contributed by atoms with van der Waals surface area (Å²) in [4.78, 5) is 12.9. The molecule has 2 unspecified atom stereocenters. The molecule has 5 rings (SSSR count). The average Bonchev–Trinajstić information content (AvgIpc) is 3.61. The van der Waals surface area contributed by atoms with Crippen molar-refractivity contribution in [2.24, 2.45) is 0 Å². The second kappa shape index (κ2) is 14.1. The molecule has 7 N–H and O–H groups in total. The van der Waals surface area contributed by atoms with Gasteiger partial charge >= 0.3 is 0 Å². The summed E-state index contributed by atoms with van der Waals surface area (Å²) in [5.74, 6) is -1.02. The fraction of sp³-hybridized carbons (Fsp3) is 0.500. The zero-order chi connectivity index (χ0) is 32.6. The Bertz CT molecular complexity index is 1410. The summed E-state index contributed by atoms with van der Waals surface area (Å²) >= 11 is 12.0. The van der Waals surface area contributed by atoms with E-state index in [4.69, 9.17) is 46.9 Å². The van der Waals surface area contributed by atoms with Crippen LogP contribution in [0.5, 0.6) is 11.5 Å². The molecule has 1 amide bonds. The van der Waals surface area contributed by atoms with Gasteiger partial charge in [-0.05, 0) is 55.3 Å². The third kappa shape index (κ3) is 7.24. The van der Waals surface area contributed by atoms with Crippen LogP contribution in [0.15, 0.2) is 42.0 Å². The van der Waals surface area contributed by atoms with Gasteiger partial charge in [0, 0.05) is 5.57 Å². The Kier molecular flexibility index (Phi) is 10.6. The smallest absolute Gasteiger partial charge is 0.247 e. The van der Waals surface area contributed by atoms with Gasteiger partial charge in [0.15, 0.2) is 11.5 Å². The molecule has 45 heavy (non-hydrogen) atoms. The van der Waals surface area contributed by atoms with Gasteiger partial charge in [0.05, 0.1) is 28.8 Å². The maximum Gasteiger partial charge on any atom is 0.247 e. The summed E-state index contributed by atoms with van der Waals surface area (Å²) in [6.45, 7) is 3.15. The number of phenolic OH excluding ortho intramolecular Hbond substituents is 1. The predicted molar refractivity (Wildman–Crippen MR) is 158 cm³/mol. The minimum atomic E-state index is -1.50. The van der Waals surface area contributed by atoms with Gasteiger partial charge in [-0.15, -0.1) is 0 Å². The Labute approximate surface area is 268 Å². The Morgan fingerprint density at radius 2 is 1.69 bits per heavy atom. The molecule has 3 fully saturated rings. The van der Waals surface area contributed by atoms with Crippen molar-refractivity contribution in [3.8, 4) is 11.5 Å². The van der Waals surface area contributed by atoms with Gasteiger partial charge in [-0.2, -0.15) is 0 Å². The average molecular weight is 673 g/mol. The molecule has 2 aromatic carbocycles.